The lowest BCUT2D eigenvalue weighted by Crippen LogP contribution is -2.40. The molecule has 2 nitrogen and oxygen atoms in total. The minimum atomic E-state index is 0.257. The zero-order valence-electron chi connectivity index (χ0n) is 8.38. The summed E-state index contributed by atoms with van der Waals surface area (Å²) in [6.45, 7) is 3.91. The Morgan fingerprint density at radius 2 is 2.23 bits per heavy atom. The van der Waals surface area contributed by atoms with Crippen LogP contribution < -0.4 is 5.32 Å². The lowest BCUT2D eigenvalue weighted by molar-refractivity contribution is 0.0763. The smallest absolute Gasteiger partial charge is 0.0689 e. The lowest BCUT2D eigenvalue weighted by atomic mass is 10.1. The Labute approximate surface area is 81.0 Å². The molecule has 0 bridgehead atoms. The van der Waals surface area contributed by atoms with Crippen molar-refractivity contribution in [2.75, 3.05) is 13.2 Å². The highest BCUT2D eigenvalue weighted by Crippen LogP contribution is 2.08. The summed E-state index contributed by atoms with van der Waals surface area (Å²) in [5, 5.41) is 3.49. The monoisotopic (exact) mass is 181 g/mol. The van der Waals surface area contributed by atoms with Gasteiger partial charge in [-0.25, -0.2) is 0 Å². The molecule has 1 heterocycles. The molecule has 1 N–H and O–H groups in total. The Hall–Kier alpha value is -0.520. The van der Waals surface area contributed by atoms with Gasteiger partial charge in [0.15, 0.2) is 0 Å². The number of hydrogen-bond donors (Lipinski definition) is 1. The van der Waals surface area contributed by atoms with Crippen LogP contribution in [0.25, 0.3) is 0 Å². The molecule has 1 atom stereocenters. The van der Waals surface area contributed by atoms with Crippen molar-refractivity contribution in [3.8, 4) is 12.3 Å². The molecule has 1 aliphatic rings. The summed E-state index contributed by atoms with van der Waals surface area (Å²) >= 11 is 0. The Kier molecular flexibility index (Phi) is 4.88. The van der Waals surface area contributed by atoms with E-state index in [1.165, 1.54) is 0 Å². The molecular weight excluding hydrogens is 162 g/mol. The van der Waals surface area contributed by atoms with Gasteiger partial charge in [0, 0.05) is 19.3 Å². The number of nitrogens with one attached hydrogen (secondary N) is 1. The zero-order chi connectivity index (χ0) is 9.52. The second kappa shape index (κ2) is 6.01. The first-order chi connectivity index (χ1) is 6.36. The zero-order valence-corrected chi connectivity index (χ0v) is 8.38. The van der Waals surface area contributed by atoms with E-state index in [9.17, 15) is 0 Å². The molecule has 0 spiro atoms. The van der Waals surface area contributed by atoms with Crippen LogP contribution in [0.15, 0.2) is 0 Å². The molecule has 0 amide bonds. The SMILES string of the molecule is C#CC(CCC)NC1CCOCC1. The van der Waals surface area contributed by atoms with Crippen molar-refractivity contribution in [2.45, 2.75) is 44.7 Å². The quantitative estimate of drug-likeness (QED) is 0.664. The molecule has 2 heteroatoms. The minimum Gasteiger partial charge on any atom is -0.381 e. The van der Waals surface area contributed by atoms with Crippen molar-refractivity contribution in [1.29, 1.82) is 0 Å². The van der Waals surface area contributed by atoms with E-state index in [-0.39, 0.29) is 6.04 Å². The van der Waals surface area contributed by atoms with Gasteiger partial charge in [0.05, 0.1) is 6.04 Å². The second-order valence-electron chi connectivity index (χ2n) is 3.56. The molecule has 0 aromatic heterocycles. The van der Waals surface area contributed by atoms with Gasteiger partial charge < -0.3 is 10.1 Å². The lowest BCUT2D eigenvalue weighted by Gasteiger charge is -2.26. The Morgan fingerprint density at radius 3 is 2.77 bits per heavy atom. The molecule has 13 heavy (non-hydrogen) atoms. The van der Waals surface area contributed by atoms with Gasteiger partial charge in [-0.3, -0.25) is 0 Å². The summed E-state index contributed by atoms with van der Waals surface area (Å²) in [5.74, 6) is 2.80. The maximum Gasteiger partial charge on any atom is 0.0689 e. The minimum absolute atomic E-state index is 0.257. The normalized spacial score (nSPS) is 20.9. The predicted octanol–water partition coefficient (Wildman–Crippen LogP) is 1.56. The first kappa shape index (κ1) is 10.6. The fraction of sp³-hybridized carbons (Fsp3) is 0.818. The van der Waals surface area contributed by atoms with Crippen LogP contribution in [-0.2, 0) is 4.74 Å². The summed E-state index contributed by atoms with van der Waals surface area (Å²) < 4.78 is 5.28. The number of terminal acetylenes is 1. The average Bonchev–Trinajstić information content (AvgIpc) is 2.19. The summed E-state index contributed by atoms with van der Waals surface area (Å²) in [7, 11) is 0. The summed E-state index contributed by atoms with van der Waals surface area (Å²) in [6, 6.07) is 0.828. The molecule has 1 rings (SSSR count). The van der Waals surface area contributed by atoms with Crippen LogP contribution in [0, 0.1) is 12.3 Å². The fourth-order valence-electron chi connectivity index (χ4n) is 1.65. The molecule has 0 aromatic carbocycles. The van der Waals surface area contributed by atoms with Crippen LogP contribution in [0.2, 0.25) is 0 Å². The Morgan fingerprint density at radius 1 is 1.54 bits per heavy atom. The number of rotatable bonds is 4. The molecule has 1 fully saturated rings. The number of hydrogen-bond acceptors (Lipinski definition) is 2. The van der Waals surface area contributed by atoms with Crippen molar-refractivity contribution in [3.05, 3.63) is 0 Å². The molecule has 0 radical (unpaired) electrons. The molecule has 0 aromatic rings. The topological polar surface area (TPSA) is 21.3 Å². The van der Waals surface area contributed by atoms with Gasteiger partial charge in [0.1, 0.15) is 0 Å². The van der Waals surface area contributed by atoms with E-state index in [2.05, 4.69) is 18.2 Å². The summed E-state index contributed by atoms with van der Waals surface area (Å²) in [4.78, 5) is 0. The van der Waals surface area contributed by atoms with Crippen LogP contribution >= 0.6 is 0 Å². The molecular formula is C11H19NO. The van der Waals surface area contributed by atoms with E-state index in [1.807, 2.05) is 0 Å². The Balaban J connectivity index is 2.24. The highest BCUT2D eigenvalue weighted by atomic mass is 16.5. The summed E-state index contributed by atoms with van der Waals surface area (Å²) in [5.41, 5.74) is 0. The van der Waals surface area contributed by atoms with Crippen molar-refractivity contribution < 1.29 is 4.74 Å². The fourth-order valence-corrected chi connectivity index (χ4v) is 1.65. The highest BCUT2D eigenvalue weighted by molar-refractivity contribution is 4.99. The third-order valence-corrected chi connectivity index (χ3v) is 2.44. The molecule has 0 saturated carbocycles. The first-order valence-electron chi connectivity index (χ1n) is 5.16. The van der Waals surface area contributed by atoms with Crippen LogP contribution in [-0.4, -0.2) is 25.3 Å². The van der Waals surface area contributed by atoms with E-state index >= 15 is 0 Å². The van der Waals surface area contributed by atoms with Gasteiger partial charge in [-0.2, -0.15) is 0 Å². The van der Waals surface area contributed by atoms with Gasteiger partial charge >= 0.3 is 0 Å². The van der Waals surface area contributed by atoms with Gasteiger partial charge in [-0.1, -0.05) is 19.3 Å². The van der Waals surface area contributed by atoms with Crippen molar-refractivity contribution in [3.63, 3.8) is 0 Å². The van der Waals surface area contributed by atoms with Gasteiger partial charge in [-0.15, -0.1) is 6.42 Å². The summed E-state index contributed by atoms with van der Waals surface area (Å²) in [6.07, 6.45) is 9.85. The maximum absolute atomic E-state index is 5.43. The van der Waals surface area contributed by atoms with Crippen LogP contribution in [0.4, 0.5) is 0 Å². The van der Waals surface area contributed by atoms with E-state index in [0.717, 1.165) is 38.9 Å². The predicted molar refractivity (Wildman–Crippen MR) is 54.5 cm³/mol. The molecule has 74 valence electrons. The van der Waals surface area contributed by atoms with Crippen LogP contribution in [0.1, 0.15) is 32.6 Å². The van der Waals surface area contributed by atoms with Gasteiger partial charge in [0.2, 0.25) is 0 Å². The van der Waals surface area contributed by atoms with E-state index in [1.54, 1.807) is 0 Å². The van der Waals surface area contributed by atoms with Gasteiger partial charge in [0.25, 0.3) is 0 Å². The second-order valence-corrected chi connectivity index (χ2v) is 3.56. The molecule has 1 unspecified atom stereocenters. The van der Waals surface area contributed by atoms with Crippen LogP contribution in [0.5, 0.6) is 0 Å². The first-order valence-corrected chi connectivity index (χ1v) is 5.16. The average molecular weight is 181 g/mol. The van der Waals surface area contributed by atoms with Crippen molar-refractivity contribution in [2.24, 2.45) is 0 Å². The highest BCUT2D eigenvalue weighted by Gasteiger charge is 2.15. The van der Waals surface area contributed by atoms with Crippen molar-refractivity contribution >= 4 is 0 Å². The molecule has 0 aliphatic carbocycles. The van der Waals surface area contributed by atoms with E-state index < -0.39 is 0 Å². The third-order valence-electron chi connectivity index (χ3n) is 2.44. The van der Waals surface area contributed by atoms with Gasteiger partial charge in [-0.05, 0) is 19.3 Å². The van der Waals surface area contributed by atoms with Crippen LogP contribution in [0.3, 0.4) is 0 Å². The van der Waals surface area contributed by atoms with E-state index in [0.29, 0.717) is 6.04 Å². The Bertz CT molecular complexity index is 167. The van der Waals surface area contributed by atoms with E-state index in [4.69, 9.17) is 11.2 Å². The van der Waals surface area contributed by atoms with Crippen molar-refractivity contribution in [1.82, 2.24) is 5.32 Å². The molecule has 1 aliphatic heterocycles. The largest absolute Gasteiger partial charge is 0.381 e. The molecule has 1 saturated heterocycles. The standard InChI is InChI=1S/C11H19NO/c1-3-5-10(4-2)12-11-6-8-13-9-7-11/h2,10-12H,3,5-9H2,1H3. The maximum atomic E-state index is 5.43. The number of ether oxygens (including phenoxy) is 1. The third kappa shape index (κ3) is 3.80.